The lowest BCUT2D eigenvalue weighted by atomic mass is 9.91. The lowest BCUT2D eigenvalue weighted by Gasteiger charge is -2.51. The number of sulfonamides is 1. The van der Waals surface area contributed by atoms with Crippen LogP contribution in [0.2, 0.25) is 0 Å². The molecule has 2 bridgehead atoms. The average Bonchev–Trinajstić information content (AvgIpc) is 3.40. The number of rotatable bonds is 6. The summed E-state index contributed by atoms with van der Waals surface area (Å²) in [5.74, 6) is 0. The number of thiophene rings is 1. The number of anilines is 1. The third-order valence-electron chi connectivity index (χ3n) is 7.92. The van der Waals surface area contributed by atoms with Crippen LogP contribution in [0.4, 0.5) is 18.9 Å². The second-order valence-electron chi connectivity index (χ2n) is 10.4. The zero-order chi connectivity index (χ0) is 27.3. The number of benzene rings is 1. The van der Waals surface area contributed by atoms with E-state index >= 15 is 0 Å². The number of aliphatic hydroxyl groups is 2. The van der Waals surface area contributed by atoms with Crippen molar-refractivity contribution >= 4 is 27.0 Å². The van der Waals surface area contributed by atoms with Gasteiger partial charge in [-0.3, -0.25) is 4.90 Å². The van der Waals surface area contributed by atoms with Crippen molar-refractivity contribution in [3.8, 4) is 0 Å². The maximum Gasteiger partial charge on any atom is 0.421 e. The van der Waals surface area contributed by atoms with Gasteiger partial charge in [0.2, 0.25) is 0 Å². The van der Waals surface area contributed by atoms with E-state index in [0.717, 1.165) is 18.3 Å². The fourth-order valence-electron chi connectivity index (χ4n) is 5.72. The van der Waals surface area contributed by atoms with Gasteiger partial charge < -0.3 is 19.8 Å². The molecule has 210 valence electrons. The summed E-state index contributed by atoms with van der Waals surface area (Å²) >= 11 is 1.16. The van der Waals surface area contributed by atoms with Crippen LogP contribution < -0.4 is 4.90 Å². The third kappa shape index (κ3) is 5.21. The molecule has 5 atom stereocenters. The minimum Gasteiger partial charge on any atom is -0.393 e. The van der Waals surface area contributed by atoms with Crippen LogP contribution in [0, 0.1) is 0 Å². The highest BCUT2D eigenvalue weighted by atomic mass is 32.2. The fraction of sp³-hybridized carbons (Fsp3) is 0.600. The second-order valence-corrected chi connectivity index (χ2v) is 13.5. The van der Waals surface area contributed by atoms with E-state index in [1.54, 1.807) is 29.6 Å². The Morgan fingerprint density at radius 2 is 1.74 bits per heavy atom. The van der Waals surface area contributed by atoms with Crippen molar-refractivity contribution in [1.29, 1.82) is 0 Å². The van der Waals surface area contributed by atoms with Gasteiger partial charge in [0.05, 0.1) is 25.4 Å². The van der Waals surface area contributed by atoms with E-state index in [0.29, 0.717) is 44.8 Å². The highest BCUT2D eigenvalue weighted by Gasteiger charge is 2.51. The second kappa shape index (κ2) is 10.3. The molecule has 0 radical (unpaired) electrons. The summed E-state index contributed by atoms with van der Waals surface area (Å²) < 4.78 is 74.2. The van der Waals surface area contributed by atoms with E-state index < -0.39 is 27.9 Å². The molecular formula is C25H32F3N3O5S2. The van der Waals surface area contributed by atoms with Crippen LogP contribution in [-0.4, -0.2) is 97.6 Å². The number of aliphatic hydroxyl groups excluding tert-OH is 1. The fourth-order valence-corrected chi connectivity index (χ4v) is 8.34. The molecule has 0 amide bonds. The van der Waals surface area contributed by atoms with Gasteiger partial charge in [0.1, 0.15) is 4.21 Å². The van der Waals surface area contributed by atoms with Crippen molar-refractivity contribution in [2.24, 2.45) is 0 Å². The first-order chi connectivity index (χ1) is 17.9. The van der Waals surface area contributed by atoms with Crippen molar-refractivity contribution in [3.63, 3.8) is 0 Å². The first kappa shape index (κ1) is 27.8. The van der Waals surface area contributed by atoms with E-state index in [-0.39, 0.29) is 41.0 Å². The minimum absolute atomic E-state index is 0.00730. The Bertz CT molecular complexity index is 1190. The van der Waals surface area contributed by atoms with Crippen molar-refractivity contribution in [2.75, 3.05) is 44.3 Å². The van der Waals surface area contributed by atoms with Gasteiger partial charge in [-0.1, -0.05) is 18.2 Å². The maximum absolute atomic E-state index is 13.4. The van der Waals surface area contributed by atoms with E-state index in [9.17, 15) is 31.8 Å². The van der Waals surface area contributed by atoms with E-state index in [2.05, 4.69) is 4.90 Å². The smallest absolute Gasteiger partial charge is 0.393 e. The number of halogens is 3. The Morgan fingerprint density at radius 3 is 2.32 bits per heavy atom. The van der Waals surface area contributed by atoms with Crippen molar-refractivity contribution < 1.29 is 36.5 Å². The molecule has 3 fully saturated rings. The zero-order valence-electron chi connectivity index (χ0n) is 20.9. The van der Waals surface area contributed by atoms with Crippen LogP contribution in [0.15, 0.2) is 46.0 Å². The highest BCUT2D eigenvalue weighted by molar-refractivity contribution is 7.91. The van der Waals surface area contributed by atoms with Gasteiger partial charge in [-0.05, 0) is 48.9 Å². The number of morpholine rings is 1. The Labute approximate surface area is 224 Å². The summed E-state index contributed by atoms with van der Waals surface area (Å²) in [6.07, 6.45) is -4.09. The number of nitrogens with zero attached hydrogens (tertiary/aromatic N) is 3. The van der Waals surface area contributed by atoms with Gasteiger partial charge >= 0.3 is 6.18 Å². The molecule has 8 nitrogen and oxygen atoms in total. The largest absolute Gasteiger partial charge is 0.421 e. The summed E-state index contributed by atoms with van der Waals surface area (Å²) in [5, 5.41) is 22.1. The zero-order valence-corrected chi connectivity index (χ0v) is 22.6. The maximum atomic E-state index is 13.4. The predicted octanol–water partition coefficient (Wildman–Crippen LogP) is 2.62. The number of piperazine rings is 1. The first-order valence-corrected chi connectivity index (χ1v) is 14.9. The molecule has 2 unspecified atom stereocenters. The molecule has 1 aromatic heterocycles. The summed E-state index contributed by atoms with van der Waals surface area (Å²) in [6.45, 7) is 3.01. The predicted molar refractivity (Wildman–Crippen MR) is 137 cm³/mol. The van der Waals surface area contributed by atoms with Crippen LogP contribution in [0.1, 0.15) is 25.3 Å². The monoisotopic (exact) mass is 575 g/mol. The lowest BCUT2D eigenvalue weighted by molar-refractivity contribution is -0.258. The summed E-state index contributed by atoms with van der Waals surface area (Å²) in [6, 6.07) is 8.66. The normalized spacial score (nSPS) is 29.3. The van der Waals surface area contributed by atoms with Gasteiger partial charge in [-0.2, -0.15) is 17.5 Å². The molecule has 5 rings (SSSR count). The lowest BCUT2D eigenvalue weighted by Crippen LogP contribution is -2.64. The number of ether oxygens (including phenoxy) is 1. The Hall–Kier alpha value is -1.74. The standard InChI is InChI=1S/C25H32F3N3O5S2/c1-24(33,25(26,27)28)17-4-6-18(7-5-17)30-9-8-29(38(34,35)23-3-2-10-37-23)13-21(30)14-31-19-11-22(32)12-20(31)16-36-15-19/h2-7,10,19-22,32-33H,8-9,11-16H2,1H3/t19-,20+,21-,22?,24?/m1/s1. The number of hydrogen-bond donors (Lipinski definition) is 2. The Kier molecular flexibility index (Phi) is 7.57. The molecule has 0 saturated carbocycles. The van der Waals surface area contributed by atoms with Crippen LogP contribution in [-0.2, 0) is 20.4 Å². The highest BCUT2D eigenvalue weighted by Crippen LogP contribution is 2.39. The van der Waals surface area contributed by atoms with Crippen LogP contribution >= 0.6 is 11.3 Å². The quantitative estimate of drug-likeness (QED) is 0.547. The number of hydrogen-bond acceptors (Lipinski definition) is 8. The first-order valence-electron chi connectivity index (χ1n) is 12.6. The molecule has 0 aliphatic carbocycles. The van der Waals surface area contributed by atoms with Crippen molar-refractivity contribution in [2.45, 2.75) is 60.0 Å². The summed E-state index contributed by atoms with van der Waals surface area (Å²) in [4.78, 5) is 4.33. The number of alkyl halides is 3. The topological polar surface area (TPSA) is 93.6 Å². The van der Waals surface area contributed by atoms with Crippen LogP contribution in [0.25, 0.3) is 0 Å². The summed E-state index contributed by atoms with van der Waals surface area (Å²) in [7, 11) is -3.68. The van der Waals surface area contributed by atoms with E-state index in [1.807, 2.05) is 4.90 Å². The third-order valence-corrected chi connectivity index (χ3v) is 11.2. The van der Waals surface area contributed by atoms with Gasteiger partial charge in [-0.15, -0.1) is 11.3 Å². The number of piperidine rings is 1. The number of fused-ring (bicyclic) bond motifs is 2. The van der Waals surface area contributed by atoms with Crippen molar-refractivity contribution in [3.05, 3.63) is 47.3 Å². The minimum atomic E-state index is -4.82. The van der Waals surface area contributed by atoms with Gasteiger partial charge in [0.15, 0.2) is 5.60 Å². The molecular weight excluding hydrogens is 543 g/mol. The molecule has 0 spiro atoms. The molecule has 2 aromatic rings. The molecule has 4 heterocycles. The molecule has 3 aliphatic rings. The average molecular weight is 576 g/mol. The van der Waals surface area contributed by atoms with E-state index in [1.165, 1.54) is 16.4 Å². The molecule has 3 aliphatic heterocycles. The van der Waals surface area contributed by atoms with Gasteiger partial charge in [0, 0.05) is 44.0 Å². The molecule has 2 N–H and O–H groups in total. The Morgan fingerprint density at radius 1 is 1.08 bits per heavy atom. The van der Waals surface area contributed by atoms with Gasteiger partial charge in [-0.25, -0.2) is 8.42 Å². The van der Waals surface area contributed by atoms with E-state index in [4.69, 9.17) is 4.74 Å². The van der Waals surface area contributed by atoms with Crippen LogP contribution in [0.3, 0.4) is 0 Å². The molecule has 3 saturated heterocycles. The van der Waals surface area contributed by atoms with Crippen molar-refractivity contribution in [1.82, 2.24) is 9.21 Å². The molecule has 1 aromatic carbocycles. The summed E-state index contributed by atoms with van der Waals surface area (Å²) in [5.41, 5.74) is -2.59. The Balaban J connectivity index is 1.43. The SMILES string of the molecule is CC(O)(c1ccc(N2CCN(S(=O)(=O)c3cccs3)C[C@@H]2CN2[C@@H]3COC[C@H]2CC(O)C3)cc1)C(F)(F)F. The molecule has 13 heteroatoms. The van der Waals surface area contributed by atoms with Crippen LogP contribution in [0.5, 0.6) is 0 Å². The molecule has 38 heavy (non-hydrogen) atoms. The van der Waals surface area contributed by atoms with Gasteiger partial charge in [0.25, 0.3) is 10.0 Å².